The Morgan fingerprint density at radius 3 is 2.00 bits per heavy atom. The molecule has 2 rings (SSSR count). The second-order valence-electron chi connectivity index (χ2n) is 4.62. The first kappa shape index (κ1) is 13.3. The average molecular weight is 251 g/mol. The van der Waals surface area contributed by atoms with Crippen molar-refractivity contribution in [3.63, 3.8) is 0 Å². The second kappa shape index (κ2) is 6.12. The molecule has 96 valence electrons. The highest BCUT2D eigenvalue weighted by Gasteiger charge is 2.10. The molecular weight excluding hydrogens is 234 g/mol. The zero-order valence-corrected chi connectivity index (χ0v) is 11.2. The molecule has 1 aromatic carbocycles. The van der Waals surface area contributed by atoms with Gasteiger partial charge < -0.3 is 5.32 Å². The molecule has 1 N–H and O–H groups in total. The van der Waals surface area contributed by atoms with Gasteiger partial charge in [-0.2, -0.15) is 5.26 Å². The fraction of sp³-hybridized carbons (Fsp3) is 0.250. The second-order valence-corrected chi connectivity index (χ2v) is 4.62. The topological polar surface area (TPSA) is 48.7 Å². The normalized spacial score (nSPS) is 13.5. The van der Waals surface area contributed by atoms with Crippen molar-refractivity contribution in [3.05, 3.63) is 65.5 Å². The number of aromatic nitrogens is 1. The van der Waals surface area contributed by atoms with Gasteiger partial charge in [-0.15, -0.1) is 0 Å². The van der Waals surface area contributed by atoms with Crippen molar-refractivity contribution in [2.24, 2.45) is 0 Å². The van der Waals surface area contributed by atoms with Crippen LogP contribution in [-0.2, 0) is 0 Å². The summed E-state index contributed by atoms with van der Waals surface area (Å²) >= 11 is 0. The predicted octanol–water partition coefficient (Wildman–Crippen LogP) is 3.37. The number of hydrogen-bond donors (Lipinski definition) is 1. The number of rotatable bonds is 4. The molecule has 0 aliphatic heterocycles. The van der Waals surface area contributed by atoms with E-state index in [1.165, 1.54) is 11.1 Å². The lowest BCUT2D eigenvalue weighted by Crippen LogP contribution is -2.22. The average Bonchev–Trinajstić information content (AvgIpc) is 2.48. The minimum atomic E-state index is 0.232. The van der Waals surface area contributed by atoms with Crippen LogP contribution in [-0.4, -0.2) is 4.98 Å². The summed E-state index contributed by atoms with van der Waals surface area (Å²) in [5.41, 5.74) is 3.09. The molecule has 0 radical (unpaired) electrons. The summed E-state index contributed by atoms with van der Waals surface area (Å²) in [7, 11) is 0. The molecule has 3 nitrogen and oxygen atoms in total. The van der Waals surface area contributed by atoms with Crippen molar-refractivity contribution in [2.75, 3.05) is 0 Å². The molecule has 2 aromatic rings. The van der Waals surface area contributed by atoms with Crippen LogP contribution < -0.4 is 5.32 Å². The van der Waals surface area contributed by atoms with Gasteiger partial charge in [-0.25, -0.2) is 0 Å². The molecular formula is C16H17N3. The Kier molecular flexibility index (Phi) is 4.27. The highest BCUT2D eigenvalue weighted by molar-refractivity contribution is 5.32. The third kappa shape index (κ3) is 3.40. The van der Waals surface area contributed by atoms with Crippen molar-refractivity contribution in [3.8, 4) is 6.07 Å². The van der Waals surface area contributed by atoms with Crippen LogP contribution in [0.4, 0.5) is 0 Å². The van der Waals surface area contributed by atoms with Gasteiger partial charge in [0.1, 0.15) is 0 Å². The largest absolute Gasteiger partial charge is 0.304 e. The maximum Gasteiger partial charge on any atom is 0.0991 e. The lowest BCUT2D eigenvalue weighted by atomic mass is 10.0. The maximum atomic E-state index is 8.79. The molecule has 1 unspecified atom stereocenters. The van der Waals surface area contributed by atoms with Gasteiger partial charge in [-0.3, -0.25) is 4.98 Å². The smallest absolute Gasteiger partial charge is 0.0991 e. The van der Waals surface area contributed by atoms with Crippen molar-refractivity contribution in [1.82, 2.24) is 10.3 Å². The van der Waals surface area contributed by atoms with Crippen molar-refractivity contribution in [2.45, 2.75) is 25.9 Å². The van der Waals surface area contributed by atoms with Gasteiger partial charge >= 0.3 is 0 Å². The fourth-order valence-corrected chi connectivity index (χ4v) is 2.07. The van der Waals surface area contributed by atoms with E-state index < -0.39 is 0 Å². The first-order chi connectivity index (χ1) is 9.20. The molecule has 0 bridgehead atoms. The Labute approximate surface area is 113 Å². The summed E-state index contributed by atoms with van der Waals surface area (Å²) in [6, 6.07) is 14.4. The number of nitrogens with one attached hydrogen (secondary N) is 1. The van der Waals surface area contributed by atoms with Gasteiger partial charge in [-0.1, -0.05) is 12.1 Å². The number of pyridine rings is 1. The van der Waals surface area contributed by atoms with Gasteiger partial charge in [-0.05, 0) is 49.2 Å². The molecule has 0 aliphatic rings. The molecule has 1 aromatic heterocycles. The van der Waals surface area contributed by atoms with Gasteiger partial charge in [0.2, 0.25) is 0 Å². The van der Waals surface area contributed by atoms with Gasteiger partial charge in [0.15, 0.2) is 0 Å². The summed E-state index contributed by atoms with van der Waals surface area (Å²) < 4.78 is 0. The first-order valence-corrected chi connectivity index (χ1v) is 6.36. The maximum absolute atomic E-state index is 8.79. The molecule has 19 heavy (non-hydrogen) atoms. The van der Waals surface area contributed by atoms with Crippen molar-refractivity contribution >= 4 is 0 Å². The molecule has 0 saturated carbocycles. The first-order valence-electron chi connectivity index (χ1n) is 6.36. The van der Waals surface area contributed by atoms with Crippen LogP contribution in [0.1, 0.15) is 42.6 Å². The summed E-state index contributed by atoms with van der Waals surface area (Å²) in [6.45, 7) is 4.26. The summed E-state index contributed by atoms with van der Waals surface area (Å²) in [6.07, 6.45) is 3.61. The molecule has 2 atom stereocenters. The van der Waals surface area contributed by atoms with E-state index in [1.807, 2.05) is 36.4 Å². The third-order valence-electron chi connectivity index (χ3n) is 3.25. The number of nitrogens with zero attached hydrogens (tertiary/aromatic N) is 2. The summed E-state index contributed by atoms with van der Waals surface area (Å²) in [5, 5.41) is 12.3. The van der Waals surface area contributed by atoms with E-state index >= 15 is 0 Å². The molecule has 0 spiro atoms. The zero-order chi connectivity index (χ0) is 13.7. The lowest BCUT2D eigenvalue weighted by molar-refractivity contribution is 0.494. The molecule has 1 heterocycles. The Balaban J connectivity index is 2.04. The van der Waals surface area contributed by atoms with Crippen LogP contribution >= 0.6 is 0 Å². The van der Waals surface area contributed by atoms with Crippen LogP contribution in [0, 0.1) is 11.3 Å². The Morgan fingerprint density at radius 1 is 0.947 bits per heavy atom. The van der Waals surface area contributed by atoms with Crippen LogP contribution in [0.15, 0.2) is 48.8 Å². The van der Waals surface area contributed by atoms with E-state index in [0.717, 1.165) is 0 Å². The third-order valence-corrected chi connectivity index (χ3v) is 3.25. The monoisotopic (exact) mass is 251 g/mol. The molecule has 0 saturated heterocycles. The van der Waals surface area contributed by atoms with Crippen molar-refractivity contribution in [1.29, 1.82) is 5.26 Å². The summed E-state index contributed by atoms with van der Waals surface area (Å²) in [4.78, 5) is 4.03. The Hall–Kier alpha value is -2.18. The number of nitriles is 1. The lowest BCUT2D eigenvalue weighted by Gasteiger charge is -2.20. The van der Waals surface area contributed by atoms with Gasteiger partial charge in [0, 0.05) is 24.5 Å². The van der Waals surface area contributed by atoms with Crippen LogP contribution in [0.3, 0.4) is 0 Å². The van der Waals surface area contributed by atoms with E-state index in [9.17, 15) is 0 Å². The predicted molar refractivity (Wildman–Crippen MR) is 75.4 cm³/mol. The summed E-state index contributed by atoms with van der Waals surface area (Å²) in [5.74, 6) is 0. The highest BCUT2D eigenvalue weighted by Crippen LogP contribution is 2.19. The quantitative estimate of drug-likeness (QED) is 0.906. The molecule has 0 aliphatic carbocycles. The van der Waals surface area contributed by atoms with E-state index in [0.29, 0.717) is 5.56 Å². The van der Waals surface area contributed by atoms with E-state index in [4.69, 9.17) is 5.26 Å². The van der Waals surface area contributed by atoms with Crippen LogP contribution in [0.2, 0.25) is 0 Å². The van der Waals surface area contributed by atoms with Crippen molar-refractivity contribution < 1.29 is 0 Å². The minimum Gasteiger partial charge on any atom is -0.304 e. The van der Waals surface area contributed by atoms with E-state index in [1.54, 1.807) is 12.4 Å². The van der Waals surface area contributed by atoms with Gasteiger partial charge in [0.25, 0.3) is 0 Å². The SMILES string of the molecule is CC(N[C@@H](C)c1ccncc1)c1ccc(C#N)cc1. The minimum absolute atomic E-state index is 0.232. The molecule has 3 heteroatoms. The van der Waals surface area contributed by atoms with E-state index in [2.05, 4.69) is 30.2 Å². The highest BCUT2D eigenvalue weighted by atomic mass is 14.9. The molecule has 0 amide bonds. The molecule has 0 fully saturated rings. The Morgan fingerprint density at radius 2 is 1.47 bits per heavy atom. The number of hydrogen-bond acceptors (Lipinski definition) is 3. The number of benzene rings is 1. The standard InChI is InChI=1S/C16H17N3/c1-12(15-5-3-14(11-17)4-6-15)19-13(2)16-7-9-18-10-8-16/h3-10,12-13,19H,1-2H3/t12?,13-/m0/s1. The Bertz CT molecular complexity index is 555. The fourth-order valence-electron chi connectivity index (χ4n) is 2.07. The van der Waals surface area contributed by atoms with E-state index in [-0.39, 0.29) is 12.1 Å². The van der Waals surface area contributed by atoms with Crippen LogP contribution in [0.5, 0.6) is 0 Å². The van der Waals surface area contributed by atoms with Crippen LogP contribution in [0.25, 0.3) is 0 Å². The zero-order valence-electron chi connectivity index (χ0n) is 11.2. The van der Waals surface area contributed by atoms with Gasteiger partial charge in [0.05, 0.1) is 11.6 Å².